The van der Waals surface area contributed by atoms with E-state index in [0.717, 1.165) is 18.8 Å². The summed E-state index contributed by atoms with van der Waals surface area (Å²) in [5.41, 5.74) is 1.45. The van der Waals surface area contributed by atoms with Crippen LogP contribution in [0.5, 0.6) is 0 Å². The van der Waals surface area contributed by atoms with Crippen LogP contribution < -0.4 is 16.2 Å². The Kier molecular flexibility index (Phi) is 12.8. The minimum atomic E-state index is -4.69. The highest BCUT2D eigenvalue weighted by atomic mass is 19.4. The van der Waals surface area contributed by atoms with E-state index < -0.39 is 29.0 Å². The third-order valence-corrected chi connectivity index (χ3v) is 5.09. The lowest BCUT2D eigenvalue weighted by atomic mass is 10.3. The molecule has 0 spiro atoms. The second-order valence-corrected chi connectivity index (χ2v) is 7.70. The molecule has 2 fully saturated rings. The Balaban J connectivity index is 0.000000308. The number of alkyl halides is 6. The van der Waals surface area contributed by atoms with Crippen LogP contribution in [0.15, 0.2) is 23.3 Å². The fourth-order valence-corrected chi connectivity index (χ4v) is 3.17. The largest absolute Gasteiger partial charge is 0.421 e. The number of carbonyl (C=O) groups excluding carboxylic acids is 1. The Hall–Kier alpha value is -3.39. The predicted molar refractivity (Wildman–Crippen MR) is 126 cm³/mol. The zero-order chi connectivity index (χ0) is 28.1. The summed E-state index contributed by atoms with van der Waals surface area (Å²) >= 11 is 0. The van der Waals surface area contributed by atoms with Gasteiger partial charge < -0.3 is 15.5 Å². The van der Waals surface area contributed by atoms with E-state index in [-0.39, 0.29) is 11.8 Å². The molecule has 2 aliphatic rings. The molecular weight excluding hydrogens is 508 g/mol. The second kappa shape index (κ2) is 15.0. The number of piperazine rings is 1. The molecular formula is C22H31F6N7O2. The Morgan fingerprint density at radius 2 is 1.38 bits per heavy atom. The van der Waals surface area contributed by atoms with E-state index in [9.17, 15) is 35.9 Å². The van der Waals surface area contributed by atoms with Crippen molar-refractivity contribution in [3.05, 3.63) is 39.9 Å². The van der Waals surface area contributed by atoms with Gasteiger partial charge >= 0.3 is 12.4 Å². The van der Waals surface area contributed by atoms with Crippen LogP contribution >= 0.6 is 0 Å². The monoisotopic (exact) mass is 539 g/mol. The molecule has 1 amide bonds. The quantitative estimate of drug-likeness (QED) is 0.435. The minimum absolute atomic E-state index is 0.258. The van der Waals surface area contributed by atoms with Gasteiger partial charge in [-0.3, -0.25) is 9.59 Å². The van der Waals surface area contributed by atoms with Gasteiger partial charge in [0.1, 0.15) is 11.4 Å². The molecule has 1 saturated carbocycles. The summed E-state index contributed by atoms with van der Waals surface area (Å²) in [6.07, 6.45) is 0.688. The van der Waals surface area contributed by atoms with Crippen LogP contribution in [0.4, 0.5) is 38.1 Å². The third kappa shape index (κ3) is 11.0. The van der Waals surface area contributed by atoms with E-state index in [2.05, 4.69) is 15.1 Å². The summed E-state index contributed by atoms with van der Waals surface area (Å²) < 4.78 is 72.7. The number of hydrogen-bond donors (Lipinski definition) is 2. The van der Waals surface area contributed by atoms with Crippen molar-refractivity contribution < 1.29 is 31.1 Å². The van der Waals surface area contributed by atoms with Crippen LogP contribution in [0.2, 0.25) is 0 Å². The van der Waals surface area contributed by atoms with Gasteiger partial charge in [-0.05, 0) is 6.07 Å². The maximum atomic E-state index is 12.3. The molecule has 208 valence electrons. The van der Waals surface area contributed by atoms with E-state index in [4.69, 9.17) is 5.73 Å². The molecule has 1 aliphatic carbocycles. The first kappa shape index (κ1) is 31.6. The average molecular weight is 540 g/mol. The van der Waals surface area contributed by atoms with Crippen molar-refractivity contribution >= 4 is 18.2 Å². The molecule has 2 aromatic rings. The molecule has 3 heterocycles. The van der Waals surface area contributed by atoms with Gasteiger partial charge in [0.05, 0.1) is 5.56 Å². The van der Waals surface area contributed by atoms with Gasteiger partial charge in [0.25, 0.3) is 5.56 Å². The van der Waals surface area contributed by atoms with Crippen LogP contribution in [0, 0.1) is 0 Å². The standard InChI is InChI=1S/C10H11F3N4O.C5H4F3N3O.C5H10.C2H6/c11-10(12,13)8-5-14-9(15-6-8)17-3-1-16(7-18)2-4-17;6-5(7,8)2-1-3(9)10-11-4(2)12;1-2-4-5-3-1;1-2/h5-7H,1-4H2;1H,(H2,9,10)(H,11,12);1-5H2;1-2H3. The first-order chi connectivity index (χ1) is 17.4. The zero-order valence-corrected chi connectivity index (χ0v) is 20.6. The lowest BCUT2D eigenvalue weighted by Gasteiger charge is -2.32. The maximum absolute atomic E-state index is 12.3. The van der Waals surface area contributed by atoms with Crippen LogP contribution in [0.1, 0.15) is 57.1 Å². The Bertz CT molecular complexity index is 977. The van der Waals surface area contributed by atoms with Crippen LogP contribution in [0.3, 0.4) is 0 Å². The molecule has 15 heteroatoms. The van der Waals surface area contributed by atoms with E-state index >= 15 is 0 Å². The number of nitrogen functional groups attached to an aromatic ring is 1. The van der Waals surface area contributed by atoms with Gasteiger partial charge in [-0.15, -0.1) is 0 Å². The van der Waals surface area contributed by atoms with E-state index in [1.54, 1.807) is 14.9 Å². The number of halogens is 6. The number of hydrogen-bond acceptors (Lipinski definition) is 7. The van der Waals surface area contributed by atoms with E-state index in [1.165, 1.54) is 32.1 Å². The molecule has 4 rings (SSSR count). The molecule has 1 saturated heterocycles. The molecule has 0 atom stereocenters. The summed E-state index contributed by atoms with van der Waals surface area (Å²) in [6, 6.07) is 0.485. The summed E-state index contributed by atoms with van der Waals surface area (Å²) in [5.74, 6) is -0.115. The number of carbonyl (C=O) groups is 1. The molecule has 0 radical (unpaired) electrons. The van der Waals surface area contributed by atoms with Crippen LogP contribution in [-0.4, -0.2) is 57.7 Å². The number of aromatic nitrogens is 4. The number of amides is 1. The minimum Gasteiger partial charge on any atom is -0.382 e. The summed E-state index contributed by atoms with van der Waals surface area (Å²) in [6.45, 7) is 6.08. The van der Waals surface area contributed by atoms with Gasteiger partial charge in [0, 0.05) is 38.6 Å². The van der Waals surface area contributed by atoms with Crippen molar-refractivity contribution in [2.75, 3.05) is 36.8 Å². The number of aromatic amines is 1. The van der Waals surface area contributed by atoms with Crippen molar-refractivity contribution in [1.29, 1.82) is 0 Å². The lowest BCUT2D eigenvalue weighted by Crippen LogP contribution is -2.46. The number of nitrogens with zero attached hydrogens (tertiary/aromatic N) is 5. The predicted octanol–water partition coefficient (Wildman–Crippen LogP) is 4.12. The van der Waals surface area contributed by atoms with Crippen molar-refractivity contribution in [1.82, 2.24) is 25.1 Å². The number of nitrogens with one attached hydrogen (secondary N) is 1. The van der Waals surface area contributed by atoms with Crippen molar-refractivity contribution in [2.24, 2.45) is 0 Å². The van der Waals surface area contributed by atoms with Gasteiger partial charge in [-0.2, -0.15) is 31.4 Å². The fourth-order valence-electron chi connectivity index (χ4n) is 3.17. The van der Waals surface area contributed by atoms with Crippen molar-refractivity contribution in [3.63, 3.8) is 0 Å². The zero-order valence-electron chi connectivity index (χ0n) is 20.6. The summed E-state index contributed by atoms with van der Waals surface area (Å²) in [7, 11) is 0. The summed E-state index contributed by atoms with van der Waals surface area (Å²) in [5, 5.41) is 4.72. The summed E-state index contributed by atoms with van der Waals surface area (Å²) in [4.78, 5) is 31.8. The number of H-pyrrole nitrogens is 1. The average Bonchev–Trinajstić information content (AvgIpc) is 3.47. The molecule has 0 aromatic carbocycles. The van der Waals surface area contributed by atoms with Crippen molar-refractivity contribution in [3.8, 4) is 0 Å². The molecule has 1 aliphatic heterocycles. The van der Waals surface area contributed by atoms with Gasteiger partial charge in [-0.1, -0.05) is 46.0 Å². The SMILES string of the molecule is C1CCCC1.CC.Nc1cc(C(F)(F)F)c(=O)[nH]n1.O=CN1CCN(c2ncc(C(F)(F)F)cn2)CC1. The maximum Gasteiger partial charge on any atom is 0.421 e. The van der Waals surface area contributed by atoms with Gasteiger partial charge in [0.2, 0.25) is 12.4 Å². The highest BCUT2D eigenvalue weighted by molar-refractivity contribution is 5.48. The Labute approximate surface area is 210 Å². The molecule has 2 aromatic heterocycles. The highest BCUT2D eigenvalue weighted by Crippen LogP contribution is 2.28. The van der Waals surface area contributed by atoms with E-state index in [0.29, 0.717) is 32.2 Å². The van der Waals surface area contributed by atoms with Crippen LogP contribution in [-0.2, 0) is 17.1 Å². The number of rotatable bonds is 2. The smallest absolute Gasteiger partial charge is 0.382 e. The lowest BCUT2D eigenvalue weighted by molar-refractivity contribution is -0.139. The topological polar surface area (TPSA) is 121 Å². The highest BCUT2D eigenvalue weighted by Gasteiger charge is 2.34. The van der Waals surface area contributed by atoms with Crippen LogP contribution in [0.25, 0.3) is 0 Å². The third-order valence-electron chi connectivity index (χ3n) is 5.09. The second-order valence-electron chi connectivity index (χ2n) is 7.70. The molecule has 0 unspecified atom stereocenters. The molecule has 37 heavy (non-hydrogen) atoms. The first-order valence-electron chi connectivity index (χ1n) is 11.7. The first-order valence-corrected chi connectivity index (χ1v) is 11.7. The molecule has 3 N–H and O–H groups in total. The molecule has 0 bridgehead atoms. The van der Waals surface area contributed by atoms with E-state index in [1.807, 2.05) is 13.8 Å². The fraction of sp³-hybridized carbons (Fsp3) is 0.591. The number of anilines is 2. The number of nitrogens with two attached hydrogens (primary N) is 1. The van der Waals surface area contributed by atoms with Gasteiger partial charge in [-0.25, -0.2) is 15.1 Å². The molecule has 9 nitrogen and oxygen atoms in total. The van der Waals surface area contributed by atoms with Gasteiger partial charge in [0.15, 0.2) is 0 Å². The Morgan fingerprint density at radius 1 is 0.892 bits per heavy atom. The Morgan fingerprint density at radius 3 is 1.76 bits per heavy atom. The normalized spacial score (nSPS) is 15.4. The van der Waals surface area contributed by atoms with Crippen molar-refractivity contribution in [2.45, 2.75) is 58.3 Å².